The van der Waals surface area contributed by atoms with Gasteiger partial charge in [-0.2, -0.15) is 0 Å². The molecule has 162 valence electrons. The van der Waals surface area contributed by atoms with Crippen molar-refractivity contribution < 1.29 is 14.0 Å². The van der Waals surface area contributed by atoms with E-state index in [1.807, 2.05) is 47.9 Å². The molecule has 1 aromatic carbocycles. The molecule has 0 aliphatic rings. The van der Waals surface area contributed by atoms with Gasteiger partial charge in [0, 0.05) is 23.5 Å². The number of hydrogen-bond acceptors (Lipinski definition) is 7. The second-order valence-electron chi connectivity index (χ2n) is 6.86. The van der Waals surface area contributed by atoms with Crippen LogP contribution in [0.25, 0.3) is 11.4 Å². The van der Waals surface area contributed by atoms with Gasteiger partial charge in [-0.15, -0.1) is 10.2 Å². The van der Waals surface area contributed by atoms with Gasteiger partial charge in [0.05, 0.1) is 18.6 Å². The van der Waals surface area contributed by atoms with Crippen molar-refractivity contribution in [3.63, 3.8) is 0 Å². The maximum Gasteiger partial charge on any atom is 0.269 e. The largest absolute Gasteiger partial charge is 0.467 e. The number of nitrogens with one attached hydrogen (secondary N) is 2. The molecule has 4 rings (SSSR count). The number of hydrogen-bond donors (Lipinski definition) is 2. The van der Waals surface area contributed by atoms with Gasteiger partial charge in [0.1, 0.15) is 5.76 Å². The Balaban J connectivity index is 1.41. The van der Waals surface area contributed by atoms with Crippen molar-refractivity contribution in [1.29, 1.82) is 0 Å². The van der Waals surface area contributed by atoms with E-state index in [1.165, 1.54) is 11.8 Å². The fourth-order valence-electron chi connectivity index (χ4n) is 2.88. The second-order valence-corrected chi connectivity index (χ2v) is 7.81. The third-order valence-corrected chi connectivity index (χ3v) is 5.48. The predicted molar refractivity (Wildman–Crippen MR) is 119 cm³/mol. The van der Waals surface area contributed by atoms with E-state index in [2.05, 4.69) is 26.0 Å². The first-order chi connectivity index (χ1) is 15.6. The highest BCUT2D eigenvalue weighted by atomic mass is 32.2. The van der Waals surface area contributed by atoms with E-state index in [9.17, 15) is 9.59 Å². The maximum atomic E-state index is 12.3. The molecule has 0 aliphatic carbocycles. The van der Waals surface area contributed by atoms with Crippen LogP contribution in [0.15, 0.2) is 76.8 Å². The molecule has 3 aromatic heterocycles. The van der Waals surface area contributed by atoms with Crippen molar-refractivity contribution in [3.05, 3.63) is 84.1 Å². The first-order valence-electron chi connectivity index (χ1n) is 9.75. The Hall–Kier alpha value is -3.92. The van der Waals surface area contributed by atoms with Gasteiger partial charge >= 0.3 is 0 Å². The first-order valence-corrected chi connectivity index (χ1v) is 10.7. The quantitative estimate of drug-likeness (QED) is 0.330. The summed E-state index contributed by atoms with van der Waals surface area (Å²) in [5.41, 5.74) is 7.20. The lowest BCUT2D eigenvalue weighted by Crippen LogP contribution is -2.42. The lowest BCUT2D eigenvalue weighted by Gasteiger charge is -2.09. The van der Waals surface area contributed by atoms with Gasteiger partial charge in [-0.25, -0.2) is 0 Å². The standard InChI is InChI=1S/C22H20N6O3S/c1-15-4-6-17(7-5-15)21(30)26-24-19(29)14-32-22-27-25-20(16-8-10-23-11-9-16)28(22)13-18-3-2-12-31-18/h2-12H,13-14H2,1H3,(H,24,29)(H,26,30). The van der Waals surface area contributed by atoms with Gasteiger partial charge in [-0.3, -0.25) is 30.0 Å². The predicted octanol–water partition coefficient (Wildman–Crippen LogP) is 2.84. The van der Waals surface area contributed by atoms with Crippen molar-refractivity contribution in [3.8, 4) is 11.4 Å². The van der Waals surface area contributed by atoms with Crippen molar-refractivity contribution in [2.45, 2.75) is 18.6 Å². The Bertz CT molecular complexity index is 1190. The summed E-state index contributed by atoms with van der Waals surface area (Å²) in [7, 11) is 0. The minimum absolute atomic E-state index is 0.0425. The van der Waals surface area contributed by atoms with Gasteiger partial charge in [0.15, 0.2) is 11.0 Å². The minimum Gasteiger partial charge on any atom is -0.467 e. The zero-order chi connectivity index (χ0) is 22.3. The Kier molecular flexibility index (Phi) is 6.61. The lowest BCUT2D eigenvalue weighted by atomic mass is 10.1. The van der Waals surface area contributed by atoms with Crippen LogP contribution < -0.4 is 10.9 Å². The average molecular weight is 449 g/mol. The number of furan rings is 1. The number of hydrazine groups is 1. The number of benzene rings is 1. The van der Waals surface area contributed by atoms with Crippen LogP contribution in [-0.2, 0) is 11.3 Å². The van der Waals surface area contributed by atoms with Crippen LogP contribution >= 0.6 is 11.8 Å². The molecule has 0 spiro atoms. The number of rotatable bonds is 7. The second kappa shape index (κ2) is 9.92. The molecule has 2 amide bonds. The zero-order valence-electron chi connectivity index (χ0n) is 17.2. The number of aromatic nitrogens is 4. The first kappa shape index (κ1) is 21.3. The molecule has 0 aliphatic heterocycles. The van der Waals surface area contributed by atoms with Crippen molar-refractivity contribution in [1.82, 2.24) is 30.6 Å². The van der Waals surface area contributed by atoms with Crippen LogP contribution in [0.4, 0.5) is 0 Å². The van der Waals surface area contributed by atoms with Crippen LogP contribution in [0.5, 0.6) is 0 Å². The van der Waals surface area contributed by atoms with Gasteiger partial charge < -0.3 is 4.42 Å². The molecule has 0 bridgehead atoms. The summed E-state index contributed by atoms with van der Waals surface area (Å²) in [6.07, 6.45) is 4.96. The molecular formula is C22H20N6O3S. The molecule has 2 N–H and O–H groups in total. The molecule has 0 unspecified atom stereocenters. The number of pyridine rings is 1. The van der Waals surface area contributed by atoms with Crippen molar-refractivity contribution in [2.75, 3.05) is 5.75 Å². The number of thioether (sulfide) groups is 1. The number of nitrogens with zero attached hydrogens (tertiary/aromatic N) is 4. The highest BCUT2D eigenvalue weighted by molar-refractivity contribution is 7.99. The maximum absolute atomic E-state index is 12.3. The third-order valence-electron chi connectivity index (χ3n) is 4.51. The van der Waals surface area contributed by atoms with E-state index < -0.39 is 0 Å². The number of aryl methyl sites for hydroxylation is 1. The van der Waals surface area contributed by atoms with Gasteiger partial charge in [-0.05, 0) is 43.3 Å². The smallest absolute Gasteiger partial charge is 0.269 e. The average Bonchev–Trinajstić information content (AvgIpc) is 3.47. The zero-order valence-corrected chi connectivity index (χ0v) is 18.0. The van der Waals surface area contributed by atoms with Crippen LogP contribution in [0.2, 0.25) is 0 Å². The summed E-state index contributed by atoms with van der Waals surface area (Å²) in [5.74, 6) is 0.662. The summed E-state index contributed by atoms with van der Waals surface area (Å²) >= 11 is 1.21. The summed E-state index contributed by atoms with van der Waals surface area (Å²) in [6.45, 7) is 2.34. The normalized spacial score (nSPS) is 10.7. The van der Waals surface area contributed by atoms with Crippen LogP contribution in [0.1, 0.15) is 21.7 Å². The molecule has 0 fully saturated rings. The Morgan fingerprint density at radius 1 is 1.03 bits per heavy atom. The summed E-state index contributed by atoms with van der Waals surface area (Å²) in [4.78, 5) is 28.5. The molecule has 0 saturated carbocycles. The third kappa shape index (κ3) is 5.22. The highest BCUT2D eigenvalue weighted by Crippen LogP contribution is 2.24. The molecule has 9 nitrogen and oxygen atoms in total. The van der Waals surface area contributed by atoms with E-state index in [0.717, 1.165) is 16.9 Å². The van der Waals surface area contributed by atoms with Crippen LogP contribution in [0.3, 0.4) is 0 Å². The van der Waals surface area contributed by atoms with Gasteiger partial charge in [-0.1, -0.05) is 29.5 Å². The molecule has 0 saturated heterocycles. The van der Waals surface area contributed by atoms with Crippen molar-refractivity contribution >= 4 is 23.6 Å². The van der Waals surface area contributed by atoms with Gasteiger partial charge in [0.2, 0.25) is 5.91 Å². The molecule has 10 heteroatoms. The fourth-order valence-corrected chi connectivity index (χ4v) is 3.62. The van der Waals surface area contributed by atoms with Crippen molar-refractivity contribution in [2.24, 2.45) is 0 Å². The number of carbonyl (C=O) groups excluding carboxylic acids is 2. The Morgan fingerprint density at radius 3 is 2.53 bits per heavy atom. The number of carbonyl (C=O) groups is 2. The summed E-state index contributed by atoms with van der Waals surface area (Å²) in [5, 5.41) is 9.08. The highest BCUT2D eigenvalue weighted by Gasteiger charge is 2.17. The van der Waals surface area contributed by atoms with Crippen LogP contribution in [-0.4, -0.2) is 37.3 Å². The molecular weight excluding hydrogens is 428 g/mol. The lowest BCUT2D eigenvalue weighted by molar-refractivity contribution is -0.119. The Labute approximate surface area is 188 Å². The van der Waals surface area contributed by atoms with Gasteiger partial charge in [0.25, 0.3) is 5.91 Å². The van der Waals surface area contributed by atoms with E-state index in [4.69, 9.17) is 4.42 Å². The monoisotopic (exact) mass is 448 g/mol. The van der Waals surface area contributed by atoms with E-state index in [1.54, 1.807) is 30.8 Å². The molecule has 3 heterocycles. The van der Waals surface area contributed by atoms with E-state index in [0.29, 0.717) is 23.1 Å². The molecule has 0 radical (unpaired) electrons. The number of amides is 2. The fraction of sp³-hybridized carbons (Fsp3) is 0.136. The minimum atomic E-state index is -0.385. The summed E-state index contributed by atoms with van der Waals surface area (Å²) in [6, 6.07) is 14.4. The topological polar surface area (TPSA) is 115 Å². The molecule has 0 atom stereocenters. The van der Waals surface area contributed by atoms with E-state index in [-0.39, 0.29) is 17.6 Å². The molecule has 32 heavy (non-hydrogen) atoms. The summed E-state index contributed by atoms with van der Waals surface area (Å²) < 4.78 is 7.34. The Morgan fingerprint density at radius 2 is 1.81 bits per heavy atom. The SMILES string of the molecule is Cc1ccc(C(=O)NNC(=O)CSc2nnc(-c3ccncc3)n2Cc2ccco2)cc1. The molecule has 4 aromatic rings. The van der Waals surface area contributed by atoms with Crippen LogP contribution in [0, 0.1) is 6.92 Å². The van der Waals surface area contributed by atoms with E-state index >= 15 is 0 Å².